The van der Waals surface area contributed by atoms with Crippen LogP contribution in [0.15, 0.2) is 66.7 Å². The second-order valence-corrected chi connectivity index (χ2v) is 8.49. The Kier molecular flexibility index (Phi) is 6.27. The van der Waals surface area contributed by atoms with E-state index in [-0.39, 0.29) is 24.1 Å². The molecule has 0 spiro atoms. The van der Waals surface area contributed by atoms with Gasteiger partial charge in [0.1, 0.15) is 0 Å². The van der Waals surface area contributed by atoms with Crippen LogP contribution in [0.5, 0.6) is 0 Å². The highest BCUT2D eigenvalue weighted by molar-refractivity contribution is 6.06. The monoisotopic (exact) mass is 441 g/mol. The highest BCUT2D eigenvalue weighted by atomic mass is 16.2. The third-order valence-electron chi connectivity index (χ3n) is 5.85. The van der Waals surface area contributed by atoms with E-state index in [0.29, 0.717) is 17.9 Å². The number of rotatable bonds is 5. The number of aryl methyl sites for hydroxylation is 2. The average Bonchev–Trinajstić information content (AvgIpc) is 3.18. The summed E-state index contributed by atoms with van der Waals surface area (Å²) in [4.78, 5) is 39.3. The molecule has 1 fully saturated rings. The van der Waals surface area contributed by atoms with Crippen molar-refractivity contribution in [1.82, 2.24) is 0 Å². The largest absolute Gasteiger partial charge is 0.325 e. The van der Waals surface area contributed by atoms with Crippen LogP contribution in [0.4, 0.5) is 17.1 Å². The first-order valence-electron chi connectivity index (χ1n) is 11.0. The van der Waals surface area contributed by atoms with Gasteiger partial charge in [-0.25, -0.2) is 0 Å². The van der Waals surface area contributed by atoms with Gasteiger partial charge in [0.05, 0.1) is 17.3 Å². The number of amides is 3. The van der Waals surface area contributed by atoms with Gasteiger partial charge in [-0.15, -0.1) is 0 Å². The molecular weight excluding hydrogens is 414 g/mol. The maximum absolute atomic E-state index is 13.1. The lowest BCUT2D eigenvalue weighted by Crippen LogP contribution is -2.29. The molecule has 3 aromatic carbocycles. The molecule has 1 atom stereocenters. The SMILES string of the molecule is CC(=O)Nc1cc(-c2ccccc2)ccc1NC(=O)C1CC(=O)N(c2cc(C)ccc2C)C1. The zero-order chi connectivity index (χ0) is 23.5. The van der Waals surface area contributed by atoms with Crippen molar-refractivity contribution in [1.29, 1.82) is 0 Å². The van der Waals surface area contributed by atoms with E-state index in [2.05, 4.69) is 10.6 Å². The average molecular weight is 442 g/mol. The molecule has 0 saturated carbocycles. The molecule has 0 aromatic heterocycles. The number of hydrogen-bond acceptors (Lipinski definition) is 3. The van der Waals surface area contributed by atoms with Crippen LogP contribution < -0.4 is 15.5 Å². The molecule has 3 aromatic rings. The van der Waals surface area contributed by atoms with Gasteiger partial charge in [0, 0.05) is 25.6 Å². The maximum Gasteiger partial charge on any atom is 0.229 e. The van der Waals surface area contributed by atoms with Gasteiger partial charge >= 0.3 is 0 Å². The van der Waals surface area contributed by atoms with E-state index in [0.717, 1.165) is 27.9 Å². The first-order chi connectivity index (χ1) is 15.8. The summed E-state index contributed by atoms with van der Waals surface area (Å²) in [7, 11) is 0. The molecule has 3 amide bonds. The topological polar surface area (TPSA) is 78.5 Å². The van der Waals surface area contributed by atoms with Gasteiger partial charge in [0.2, 0.25) is 17.7 Å². The van der Waals surface area contributed by atoms with Crippen molar-refractivity contribution in [2.24, 2.45) is 5.92 Å². The molecule has 6 heteroatoms. The third kappa shape index (κ3) is 4.95. The highest BCUT2D eigenvalue weighted by Gasteiger charge is 2.36. The van der Waals surface area contributed by atoms with E-state index in [4.69, 9.17) is 0 Å². The summed E-state index contributed by atoms with van der Waals surface area (Å²) in [6.45, 7) is 5.70. The number of benzene rings is 3. The van der Waals surface area contributed by atoms with Gasteiger partial charge in [-0.05, 0) is 54.3 Å². The molecular formula is C27H27N3O3. The van der Waals surface area contributed by atoms with Gasteiger partial charge in [0.15, 0.2) is 0 Å². The molecule has 1 saturated heterocycles. The van der Waals surface area contributed by atoms with E-state index in [1.807, 2.05) is 74.5 Å². The number of carbonyl (C=O) groups is 3. The lowest BCUT2D eigenvalue weighted by molar-refractivity contribution is -0.122. The second kappa shape index (κ2) is 9.28. The predicted molar refractivity (Wildman–Crippen MR) is 131 cm³/mol. The molecule has 168 valence electrons. The number of carbonyl (C=O) groups excluding carboxylic acids is 3. The van der Waals surface area contributed by atoms with Crippen LogP contribution in [0, 0.1) is 19.8 Å². The van der Waals surface area contributed by atoms with Gasteiger partial charge in [-0.2, -0.15) is 0 Å². The van der Waals surface area contributed by atoms with E-state index in [9.17, 15) is 14.4 Å². The van der Waals surface area contributed by atoms with Crippen LogP contribution >= 0.6 is 0 Å². The minimum Gasteiger partial charge on any atom is -0.325 e. The molecule has 1 aliphatic rings. The van der Waals surface area contributed by atoms with E-state index in [1.54, 1.807) is 11.0 Å². The fourth-order valence-electron chi connectivity index (χ4n) is 4.12. The lowest BCUT2D eigenvalue weighted by atomic mass is 10.0. The molecule has 0 radical (unpaired) electrons. The fourth-order valence-corrected chi connectivity index (χ4v) is 4.12. The van der Waals surface area contributed by atoms with Crippen LogP contribution in [0.3, 0.4) is 0 Å². The summed E-state index contributed by atoms with van der Waals surface area (Å²) in [6, 6.07) is 21.3. The van der Waals surface area contributed by atoms with Crippen LogP contribution in [0.25, 0.3) is 11.1 Å². The summed E-state index contributed by atoms with van der Waals surface area (Å²) in [6.07, 6.45) is 0.150. The smallest absolute Gasteiger partial charge is 0.229 e. The molecule has 1 heterocycles. The first kappa shape index (κ1) is 22.3. The van der Waals surface area contributed by atoms with E-state index >= 15 is 0 Å². The molecule has 0 aliphatic carbocycles. The van der Waals surface area contributed by atoms with Crippen molar-refractivity contribution < 1.29 is 14.4 Å². The van der Waals surface area contributed by atoms with Gasteiger partial charge in [-0.3, -0.25) is 14.4 Å². The van der Waals surface area contributed by atoms with Crippen molar-refractivity contribution in [3.63, 3.8) is 0 Å². The molecule has 6 nitrogen and oxygen atoms in total. The standard InChI is InChI=1S/C27H27N3O3/c1-17-9-10-18(2)25(13-17)30-16-22(15-26(30)32)27(33)29-23-12-11-21(14-24(23)28-19(3)31)20-7-5-4-6-8-20/h4-14,22H,15-16H2,1-3H3,(H,28,31)(H,29,33). The Morgan fingerprint density at radius 3 is 2.36 bits per heavy atom. The maximum atomic E-state index is 13.1. The van der Waals surface area contributed by atoms with Gasteiger partial charge in [-0.1, -0.05) is 48.5 Å². The molecule has 0 bridgehead atoms. The second-order valence-electron chi connectivity index (χ2n) is 8.49. The Morgan fingerprint density at radius 2 is 1.64 bits per heavy atom. The number of anilines is 3. The van der Waals surface area contributed by atoms with E-state index < -0.39 is 5.92 Å². The minimum absolute atomic E-state index is 0.0645. The third-order valence-corrected chi connectivity index (χ3v) is 5.85. The zero-order valence-electron chi connectivity index (χ0n) is 19.0. The van der Waals surface area contributed by atoms with Crippen LogP contribution in [0.2, 0.25) is 0 Å². The molecule has 1 unspecified atom stereocenters. The molecule has 2 N–H and O–H groups in total. The summed E-state index contributed by atoms with van der Waals surface area (Å²) in [5.74, 6) is -1.01. The Bertz CT molecular complexity index is 1220. The molecule has 4 rings (SSSR count). The van der Waals surface area contributed by atoms with Crippen molar-refractivity contribution in [2.45, 2.75) is 27.2 Å². The Hall–Kier alpha value is -3.93. The normalized spacial score (nSPS) is 15.4. The summed E-state index contributed by atoms with van der Waals surface area (Å²) >= 11 is 0. The van der Waals surface area contributed by atoms with Crippen molar-refractivity contribution in [2.75, 3.05) is 22.1 Å². The van der Waals surface area contributed by atoms with Crippen molar-refractivity contribution in [3.05, 3.63) is 77.9 Å². The van der Waals surface area contributed by atoms with Crippen LogP contribution in [-0.4, -0.2) is 24.3 Å². The summed E-state index contributed by atoms with van der Waals surface area (Å²) in [5.41, 5.74) is 5.87. The quantitative estimate of drug-likeness (QED) is 0.590. The highest BCUT2D eigenvalue weighted by Crippen LogP contribution is 2.32. The number of hydrogen-bond donors (Lipinski definition) is 2. The zero-order valence-corrected chi connectivity index (χ0v) is 19.0. The van der Waals surface area contributed by atoms with Crippen molar-refractivity contribution in [3.8, 4) is 11.1 Å². The Morgan fingerprint density at radius 1 is 0.879 bits per heavy atom. The van der Waals surface area contributed by atoms with Crippen molar-refractivity contribution >= 4 is 34.8 Å². The van der Waals surface area contributed by atoms with Crippen LogP contribution in [-0.2, 0) is 14.4 Å². The Labute approximate surface area is 193 Å². The molecule has 33 heavy (non-hydrogen) atoms. The van der Waals surface area contributed by atoms with Gasteiger partial charge in [0.25, 0.3) is 0 Å². The first-order valence-corrected chi connectivity index (χ1v) is 11.0. The van der Waals surface area contributed by atoms with Gasteiger partial charge < -0.3 is 15.5 Å². The van der Waals surface area contributed by atoms with Crippen LogP contribution in [0.1, 0.15) is 24.5 Å². The number of nitrogens with one attached hydrogen (secondary N) is 2. The predicted octanol–water partition coefficient (Wildman–Crippen LogP) is 4.92. The van der Waals surface area contributed by atoms with E-state index in [1.165, 1.54) is 6.92 Å². The Balaban J connectivity index is 1.55. The minimum atomic E-state index is -0.476. The number of nitrogens with zero attached hydrogens (tertiary/aromatic N) is 1. The lowest BCUT2D eigenvalue weighted by Gasteiger charge is -2.20. The summed E-state index contributed by atoms with van der Waals surface area (Å²) < 4.78 is 0. The summed E-state index contributed by atoms with van der Waals surface area (Å²) in [5, 5.41) is 5.73. The molecule has 1 aliphatic heterocycles. The fraction of sp³-hybridized carbons (Fsp3) is 0.222.